The van der Waals surface area contributed by atoms with E-state index in [0.717, 1.165) is 3.79 Å². The third-order valence-electron chi connectivity index (χ3n) is 3.21. The molecule has 0 spiro atoms. The average molecular weight is 436 g/mol. The summed E-state index contributed by atoms with van der Waals surface area (Å²) in [6, 6.07) is 10.6. The van der Waals surface area contributed by atoms with Crippen LogP contribution in [-0.4, -0.2) is 26.5 Å². The minimum Gasteiger partial charge on any atom is -0.266 e. The third kappa shape index (κ3) is 3.95. The summed E-state index contributed by atoms with van der Waals surface area (Å²) in [6.07, 6.45) is 1.49. The quantitative estimate of drug-likeness (QED) is 0.482. The molecule has 2 N–H and O–H groups in total. The molecule has 0 aliphatic carbocycles. The molecular weight excluding hydrogens is 426 g/mol. The fraction of sp³-hybridized carbons (Fsp3) is 0. The first-order chi connectivity index (χ1) is 12.4. The highest BCUT2D eigenvalue weighted by Crippen LogP contribution is 2.21. The van der Waals surface area contributed by atoms with Crippen LogP contribution in [0.2, 0.25) is 0 Å². The van der Waals surface area contributed by atoms with E-state index in [1.807, 2.05) is 0 Å². The Morgan fingerprint density at radius 3 is 2.62 bits per heavy atom. The standard InChI is InChI=1S/C15H10BrN5O4S/c16-13-5-4-12(26-13)15(23)18-17-14(22)11-6-7-20(19-11)9-2-1-3-10(8-9)21(24)25/h1-8H,(H,17,22)(H,18,23). The molecule has 2 heterocycles. The molecule has 9 nitrogen and oxygen atoms in total. The number of halogens is 1. The number of non-ortho nitro benzene ring substituents is 1. The zero-order valence-corrected chi connectivity index (χ0v) is 15.3. The maximum absolute atomic E-state index is 12.1. The number of hydrazine groups is 1. The Bertz CT molecular complexity index is 999. The summed E-state index contributed by atoms with van der Waals surface area (Å²) in [7, 11) is 0. The van der Waals surface area contributed by atoms with Crippen molar-refractivity contribution in [2.45, 2.75) is 0 Å². The van der Waals surface area contributed by atoms with Crippen LogP contribution in [0.4, 0.5) is 5.69 Å². The van der Waals surface area contributed by atoms with Crippen LogP contribution in [0.1, 0.15) is 20.2 Å². The number of carbonyl (C=O) groups excluding carboxylic acids is 2. The van der Waals surface area contributed by atoms with Crippen LogP contribution in [0.5, 0.6) is 0 Å². The van der Waals surface area contributed by atoms with Gasteiger partial charge in [0.2, 0.25) is 0 Å². The van der Waals surface area contributed by atoms with Crippen molar-refractivity contribution in [1.29, 1.82) is 0 Å². The van der Waals surface area contributed by atoms with Crippen LogP contribution >= 0.6 is 27.3 Å². The van der Waals surface area contributed by atoms with Gasteiger partial charge in [-0.25, -0.2) is 4.68 Å². The molecule has 0 fully saturated rings. The lowest BCUT2D eigenvalue weighted by Crippen LogP contribution is -2.41. The highest BCUT2D eigenvalue weighted by Gasteiger charge is 2.14. The van der Waals surface area contributed by atoms with E-state index in [1.54, 1.807) is 18.2 Å². The molecule has 0 unspecified atom stereocenters. The monoisotopic (exact) mass is 435 g/mol. The van der Waals surface area contributed by atoms with Gasteiger partial charge in [-0.3, -0.25) is 30.6 Å². The van der Waals surface area contributed by atoms with Gasteiger partial charge in [0.05, 0.1) is 19.3 Å². The van der Waals surface area contributed by atoms with E-state index < -0.39 is 16.7 Å². The Labute approximate surface area is 158 Å². The maximum atomic E-state index is 12.1. The van der Waals surface area contributed by atoms with E-state index in [-0.39, 0.29) is 11.4 Å². The molecule has 0 saturated carbocycles. The number of amides is 2. The second kappa shape index (κ2) is 7.45. The third-order valence-corrected chi connectivity index (χ3v) is 4.84. The molecule has 0 aliphatic heterocycles. The lowest BCUT2D eigenvalue weighted by molar-refractivity contribution is -0.384. The van der Waals surface area contributed by atoms with Crippen LogP contribution in [0.25, 0.3) is 5.69 Å². The first-order valence-electron chi connectivity index (χ1n) is 7.10. The van der Waals surface area contributed by atoms with E-state index >= 15 is 0 Å². The van der Waals surface area contributed by atoms with Crippen molar-refractivity contribution in [2.75, 3.05) is 0 Å². The van der Waals surface area contributed by atoms with Crippen LogP contribution in [0.15, 0.2) is 52.4 Å². The summed E-state index contributed by atoms with van der Waals surface area (Å²) in [4.78, 5) is 34.7. The molecule has 2 aromatic heterocycles. The highest BCUT2D eigenvalue weighted by atomic mass is 79.9. The number of nitro benzene ring substituents is 1. The first kappa shape index (κ1) is 17.8. The number of aromatic nitrogens is 2. The Morgan fingerprint density at radius 2 is 1.92 bits per heavy atom. The van der Waals surface area contributed by atoms with Crippen molar-refractivity contribution >= 4 is 44.8 Å². The molecule has 132 valence electrons. The van der Waals surface area contributed by atoms with Gasteiger partial charge in [0, 0.05) is 18.3 Å². The summed E-state index contributed by atoms with van der Waals surface area (Å²) in [6.45, 7) is 0. The molecule has 0 atom stereocenters. The summed E-state index contributed by atoms with van der Waals surface area (Å²) in [5.41, 5.74) is 4.96. The molecule has 0 aliphatic rings. The fourth-order valence-electron chi connectivity index (χ4n) is 2.01. The number of nitrogens with zero attached hydrogens (tertiary/aromatic N) is 3. The van der Waals surface area contributed by atoms with Gasteiger partial charge in [0.25, 0.3) is 17.5 Å². The Kier molecular flexibility index (Phi) is 5.09. The van der Waals surface area contributed by atoms with E-state index in [1.165, 1.54) is 46.5 Å². The van der Waals surface area contributed by atoms with E-state index in [4.69, 9.17) is 0 Å². The number of hydrogen-bond acceptors (Lipinski definition) is 6. The van der Waals surface area contributed by atoms with Crippen LogP contribution in [0.3, 0.4) is 0 Å². The van der Waals surface area contributed by atoms with Gasteiger partial charge in [-0.1, -0.05) is 6.07 Å². The van der Waals surface area contributed by atoms with Crippen LogP contribution in [0, 0.1) is 10.1 Å². The summed E-state index contributed by atoms with van der Waals surface area (Å²) in [5, 5.41) is 14.9. The molecule has 3 aromatic rings. The minimum absolute atomic E-state index is 0.0455. The lowest BCUT2D eigenvalue weighted by Gasteiger charge is -2.04. The normalized spacial score (nSPS) is 10.3. The number of rotatable bonds is 4. The molecule has 0 saturated heterocycles. The second-order valence-electron chi connectivity index (χ2n) is 4.93. The van der Waals surface area contributed by atoms with Gasteiger partial charge >= 0.3 is 0 Å². The van der Waals surface area contributed by atoms with Gasteiger partial charge in [-0.15, -0.1) is 11.3 Å². The number of nitro groups is 1. The molecule has 26 heavy (non-hydrogen) atoms. The van der Waals surface area contributed by atoms with Gasteiger partial charge in [0.1, 0.15) is 0 Å². The predicted octanol–water partition coefficient (Wildman–Crippen LogP) is 2.68. The van der Waals surface area contributed by atoms with E-state index in [0.29, 0.717) is 10.6 Å². The molecule has 3 rings (SSSR count). The molecule has 11 heteroatoms. The summed E-state index contributed by atoms with van der Waals surface area (Å²) >= 11 is 4.48. The van der Waals surface area contributed by atoms with Crippen molar-refractivity contribution in [3.63, 3.8) is 0 Å². The minimum atomic E-state index is -0.613. The number of hydrogen-bond donors (Lipinski definition) is 2. The predicted molar refractivity (Wildman–Crippen MR) is 97.2 cm³/mol. The largest absolute Gasteiger partial charge is 0.290 e. The Balaban J connectivity index is 1.67. The molecular formula is C15H10BrN5O4S. The van der Waals surface area contributed by atoms with Crippen LogP contribution in [-0.2, 0) is 0 Å². The maximum Gasteiger partial charge on any atom is 0.290 e. The van der Waals surface area contributed by atoms with Gasteiger partial charge in [-0.05, 0) is 40.2 Å². The van der Waals surface area contributed by atoms with Crippen molar-refractivity contribution in [3.05, 3.63) is 73.1 Å². The van der Waals surface area contributed by atoms with Gasteiger partial charge < -0.3 is 0 Å². The van der Waals surface area contributed by atoms with E-state index in [9.17, 15) is 19.7 Å². The van der Waals surface area contributed by atoms with Gasteiger partial charge in [-0.2, -0.15) is 5.10 Å². The fourth-order valence-corrected chi connectivity index (χ4v) is 3.29. The van der Waals surface area contributed by atoms with Crippen molar-refractivity contribution in [2.24, 2.45) is 0 Å². The number of nitrogens with one attached hydrogen (secondary N) is 2. The topological polar surface area (TPSA) is 119 Å². The lowest BCUT2D eigenvalue weighted by atomic mass is 10.3. The number of benzene rings is 1. The summed E-state index contributed by atoms with van der Waals surface area (Å²) in [5.74, 6) is -1.06. The van der Waals surface area contributed by atoms with Crippen molar-refractivity contribution in [3.8, 4) is 5.69 Å². The SMILES string of the molecule is O=C(NNC(=O)c1ccc(Br)s1)c1ccn(-c2cccc([N+](=O)[O-])c2)n1. The molecule has 1 aromatic carbocycles. The number of thiophene rings is 1. The second-order valence-corrected chi connectivity index (χ2v) is 7.40. The molecule has 0 bridgehead atoms. The molecule has 0 radical (unpaired) electrons. The Hall–Kier alpha value is -3.05. The Morgan fingerprint density at radius 1 is 1.15 bits per heavy atom. The first-order valence-corrected chi connectivity index (χ1v) is 8.71. The zero-order valence-electron chi connectivity index (χ0n) is 12.9. The van der Waals surface area contributed by atoms with Crippen molar-refractivity contribution < 1.29 is 14.5 Å². The number of carbonyl (C=O) groups is 2. The van der Waals surface area contributed by atoms with Crippen molar-refractivity contribution in [1.82, 2.24) is 20.6 Å². The van der Waals surface area contributed by atoms with E-state index in [2.05, 4.69) is 31.9 Å². The highest BCUT2D eigenvalue weighted by molar-refractivity contribution is 9.11. The van der Waals surface area contributed by atoms with Crippen LogP contribution < -0.4 is 10.9 Å². The average Bonchev–Trinajstić information content (AvgIpc) is 3.29. The molecule has 2 amide bonds. The smallest absolute Gasteiger partial charge is 0.266 e. The van der Waals surface area contributed by atoms with Gasteiger partial charge in [0.15, 0.2) is 5.69 Å². The zero-order chi connectivity index (χ0) is 18.7. The summed E-state index contributed by atoms with van der Waals surface area (Å²) < 4.78 is 2.13.